The number of hydrogen-bond acceptors (Lipinski definition) is 8. The smallest absolute Gasteiger partial charge is 0.376 e. The number of nitrogens with zero attached hydrogens (tertiary/aromatic N) is 4. The molecule has 2 atom stereocenters. The molecular weight excluding hydrogens is 541 g/mol. The van der Waals surface area contributed by atoms with Gasteiger partial charge < -0.3 is 29.7 Å². The number of piperazine rings is 1. The number of rotatable bonds is 12. The Bertz CT molecular complexity index is 1290. The van der Waals surface area contributed by atoms with Gasteiger partial charge in [-0.2, -0.15) is 0 Å². The lowest BCUT2D eigenvalue weighted by Gasteiger charge is -2.43. The van der Waals surface area contributed by atoms with E-state index in [1.165, 1.54) is 32.4 Å². The van der Waals surface area contributed by atoms with Gasteiger partial charge in [-0.05, 0) is 43.3 Å². The summed E-state index contributed by atoms with van der Waals surface area (Å²) in [7, 11) is 2.17. The van der Waals surface area contributed by atoms with Gasteiger partial charge in [-0.3, -0.25) is 24.5 Å². The van der Waals surface area contributed by atoms with Crippen LogP contribution >= 0.6 is 0 Å². The molecule has 1 saturated heterocycles. The van der Waals surface area contributed by atoms with Crippen molar-refractivity contribution in [1.29, 1.82) is 0 Å². The lowest BCUT2D eigenvalue weighted by atomic mass is 9.83. The number of amides is 3. The summed E-state index contributed by atoms with van der Waals surface area (Å²) < 4.78 is 5.59. The van der Waals surface area contributed by atoms with Crippen molar-refractivity contribution in [2.24, 2.45) is 5.92 Å². The summed E-state index contributed by atoms with van der Waals surface area (Å²) in [5.41, 5.74) is 0.960. The van der Waals surface area contributed by atoms with Crippen molar-refractivity contribution in [3.05, 3.63) is 75.3 Å². The minimum atomic E-state index is -0.842. The summed E-state index contributed by atoms with van der Waals surface area (Å²) in [6.07, 6.45) is 1.08. The number of nitro benzene ring substituents is 1. The van der Waals surface area contributed by atoms with E-state index < -0.39 is 30.0 Å². The fraction of sp³-hybridized carbons (Fsp3) is 0.483. The predicted molar refractivity (Wildman–Crippen MR) is 156 cm³/mol. The van der Waals surface area contributed by atoms with Gasteiger partial charge in [0.1, 0.15) is 0 Å². The molecule has 2 aromatic rings. The van der Waals surface area contributed by atoms with E-state index >= 15 is 0 Å². The van der Waals surface area contributed by atoms with E-state index in [9.17, 15) is 29.5 Å². The van der Waals surface area contributed by atoms with Gasteiger partial charge in [0.25, 0.3) is 17.5 Å². The summed E-state index contributed by atoms with van der Waals surface area (Å²) in [6, 6.07) is 12.9. The Balaban J connectivity index is 1.58. The molecular formula is C29H38BN5O7. The average Bonchev–Trinajstić information content (AvgIpc) is 3.81. The fourth-order valence-corrected chi connectivity index (χ4v) is 5.40. The molecule has 42 heavy (non-hydrogen) atoms. The van der Waals surface area contributed by atoms with Gasteiger partial charge in [0.05, 0.1) is 17.5 Å². The Labute approximate surface area is 245 Å². The van der Waals surface area contributed by atoms with Gasteiger partial charge in [0, 0.05) is 64.0 Å². The number of nitrogens with one attached hydrogen (secondary N) is 1. The maximum absolute atomic E-state index is 13.9. The average molecular weight is 579 g/mol. The molecule has 0 radical (unpaired) electrons. The number of carbonyl (C=O) groups is 3. The maximum Gasteiger partial charge on any atom is 0.376 e. The lowest BCUT2D eigenvalue weighted by Crippen LogP contribution is -2.60. The zero-order valence-electron chi connectivity index (χ0n) is 24.3. The summed E-state index contributed by atoms with van der Waals surface area (Å²) in [4.78, 5) is 56.2. The fourth-order valence-electron chi connectivity index (χ4n) is 5.40. The van der Waals surface area contributed by atoms with Crippen molar-refractivity contribution < 1.29 is 29.1 Å². The first kappa shape index (κ1) is 31.1. The van der Waals surface area contributed by atoms with Gasteiger partial charge in [0.2, 0.25) is 5.91 Å². The molecule has 0 aromatic heterocycles. The molecule has 0 bridgehead atoms. The van der Waals surface area contributed by atoms with Crippen LogP contribution in [0.15, 0.2) is 48.5 Å². The molecule has 1 aliphatic heterocycles. The largest absolute Gasteiger partial charge is 0.437 e. The summed E-state index contributed by atoms with van der Waals surface area (Å²) in [6.45, 7) is 3.14. The molecule has 1 aliphatic carbocycles. The summed E-state index contributed by atoms with van der Waals surface area (Å²) in [5.74, 6) is -0.631. The molecule has 224 valence electrons. The summed E-state index contributed by atoms with van der Waals surface area (Å²) >= 11 is 0. The van der Waals surface area contributed by atoms with Gasteiger partial charge in [-0.25, -0.2) is 0 Å². The van der Waals surface area contributed by atoms with Crippen LogP contribution in [-0.2, 0) is 20.9 Å². The van der Waals surface area contributed by atoms with Crippen LogP contribution in [-0.4, -0.2) is 95.7 Å². The van der Waals surface area contributed by atoms with Crippen LogP contribution in [0.3, 0.4) is 0 Å². The highest BCUT2D eigenvalue weighted by Gasteiger charge is 2.39. The van der Waals surface area contributed by atoms with Crippen LogP contribution in [0.4, 0.5) is 5.69 Å². The zero-order valence-corrected chi connectivity index (χ0v) is 24.3. The zero-order chi connectivity index (χ0) is 30.4. The predicted octanol–water partition coefficient (Wildman–Crippen LogP) is 2.09. The van der Waals surface area contributed by atoms with Gasteiger partial charge >= 0.3 is 7.05 Å². The third kappa shape index (κ3) is 7.52. The molecule has 1 saturated carbocycles. The SMILES string of the molecule is CNC(=O)c1ccc(CN(CC2CC2)C(=O)CC2CN(B(C)O)CCN2C(=O)C(OC)c2ccccc2)c([N+](=O)[O-])c1. The highest BCUT2D eigenvalue weighted by Crippen LogP contribution is 2.32. The normalized spacial score (nSPS) is 17.8. The first-order valence-corrected chi connectivity index (χ1v) is 14.2. The van der Waals surface area contributed by atoms with Crippen molar-refractivity contribution >= 4 is 30.5 Å². The topological polar surface area (TPSA) is 146 Å². The highest BCUT2D eigenvalue weighted by atomic mass is 16.6. The van der Waals surface area contributed by atoms with Crippen molar-refractivity contribution in [1.82, 2.24) is 19.9 Å². The van der Waals surface area contributed by atoms with Crippen molar-refractivity contribution in [2.45, 2.75) is 44.8 Å². The Morgan fingerprint density at radius 1 is 1.19 bits per heavy atom. The van der Waals surface area contributed by atoms with Crippen LogP contribution in [0.25, 0.3) is 0 Å². The van der Waals surface area contributed by atoms with E-state index in [1.807, 2.05) is 35.1 Å². The molecule has 4 rings (SSSR count). The minimum Gasteiger partial charge on any atom is -0.437 e. The van der Waals surface area contributed by atoms with Gasteiger partial charge in [-0.1, -0.05) is 30.3 Å². The van der Waals surface area contributed by atoms with Crippen LogP contribution in [0, 0.1) is 16.0 Å². The van der Waals surface area contributed by atoms with Crippen molar-refractivity contribution in [3.63, 3.8) is 0 Å². The van der Waals surface area contributed by atoms with Gasteiger partial charge in [-0.15, -0.1) is 0 Å². The Kier molecular flexibility index (Phi) is 10.3. The molecule has 2 unspecified atom stereocenters. The molecule has 12 nitrogen and oxygen atoms in total. The minimum absolute atomic E-state index is 0.00512. The number of nitro groups is 1. The first-order chi connectivity index (χ1) is 20.1. The van der Waals surface area contributed by atoms with E-state index in [0.717, 1.165) is 12.8 Å². The number of carbonyl (C=O) groups excluding carboxylic acids is 3. The Hall–Kier alpha value is -3.81. The number of benzene rings is 2. The van der Waals surface area contributed by atoms with Crippen LogP contribution in [0.5, 0.6) is 0 Å². The standard InChI is InChI=1S/C29H38BN5O7/c1-30(39)33-13-14-34(29(38)27(42-3)21-7-5-4-6-8-21)24(19-33)16-26(36)32(17-20-9-10-20)18-23-12-11-22(28(37)31-2)15-25(23)35(40)41/h4-8,11-12,15,20,24,27,39H,9-10,13-14,16-19H2,1-3H3,(H,31,37). The van der Waals surface area contributed by atoms with E-state index in [4.69, 9.17) is 4.74 Å². The van der Waals surface area contributed by atoms with Crippen LogP contribution < -0.4 is 5.32 Å². The molecule has 2 fully saturated rings. The molecule has 2 aliphatic rings. The van der Waals surface area contributed by atoms with Crippen LogP contribution in [0.1, 0.15) is 46.9 Å². The summed E-state index contributed by atoms with van der Waals surface area (Å²) in [5, 5.41) is 24.7. The molecule has 1 heterocycles. The number of methoxy groups -OCH3 is 1. The molecule has 2 aromatic carbocycles. The Morgan fingerprint density at radius 3 is 2.50 bits per heavy atom. The van der Waals surface area contributed by atoms with E-state index in [1.54, 1.807) is 16.6 Å². The van der Waals surface area contributed by atoms with Crippen LogP contribution in [0.2, 0.25) is 6.82 Å². The second kappa shape index (κ2) is 13.9. The maximum atomic E-state index is 13.9. The van der Waals surface area contributed by atoms with E-state index in [-0.39, 0.29) is 36.0 Å². The second-order valence-electron chi connectivity index (χ2n) is 10.9. The third-order valence-corrected chi connectivity index (χ3v) is 7.96. The van der Waals surface area contributed by atoms with E-state index in [0.29, 0.717) is 43.2 Å². The molecule has 0 spiro atoms. The third-order valence-electron chi connectivity index (χ3n) is 7.96. The molecule has 2 N–H and O–H groups in total. The van der Waals surface area contributed by atoms with E-state index in [2.05, 4.69) is 5.32 Å². The number of hydrogen-bond donors (Lipinski definition) is 2. The van der Waals surface area contributed by atoms with Gasteiger partial charge in [0.15, 0.2) is 6.10 Å². The quantitative estimate of drug-likeness (QED) is 0.221. The lowest BCUT2D eigenvalue weighted by molar-refractivity contribution is -0.385. The van der Waals surface area contributed by atoms with Crippen molar-refractivity contribution in [2.75, 3.05) is 40.3 Å². The molecule has 13 heteroatoms. The monoisotopic (exact) mass is 579 g/mol. The first-order valence-electron chi connectivity index (χ1n) is 14.2. The molecule has 3 amide bonds. The number of ether oxygens (including phenoxy) is 1. The second-order valence-corrected chi connectivity index (χ2v) is 10.9. The Morgan fingerprint density at radius 2 is 1.90 bits per heavy atom. The van der Waals surface area contributed by atoms with Crippen molar-refractivity contribution in [3.8, 4) is 0 Å². The highest BCUT2D eigenvalue weighted by molar-refractivity contribution is 6.45.